The highest BCUT2D eigenvalue weighted by Gasteiger charge is 2.49. The van der Waals surface area contributed by atoms with Gasteiger partial charge in [-0.2, -0.15) is 0 Å². The minimum absolute atomic E-state index is 0.235. The van der Waals surface area contributed by atoms with Gasteiger partial charge in [-0.25, -0.2) is 5.06 Å². The number of fused-ring (bicyclic) bond motifs is 2. The van der Waals surface area contributed by atoms with Crippen molar-refractivity contribution < 1.29 is 14.7 Å². The smallest absolute Gasteiger partial charge is 0.252 e. The van der Waals surface area contributed by atoms with Gasteiger partial charge in [-0.1, -0.05) is 12.2 Å². The molecule has 2 unspecified atom stereocenters. The average molecular weight is 211 g/mol. The first kappa shape index (κ1) is 10.6. The number of amides is 1. The average Bonchev–Trinajstić information content (AvgIpc) is 2.29. The molecular formula is C11H17NO3. The molecular weight excluding hydrogens is 194 g/mol. The summed E-state index contributed by atoms with van der Waals surface area (Å²) in [7, 11) is 3.01. The summed E-state index contributed by atoms with van der Waals surface area (Å²) in [6, 6.07) is 0. The molecule has 0 aromatic rings. The topological polar surface area (TPSA) is 49.8 Å². The number of allylic oxidation sites excluding steroid dienone is 1. The maximum atomic E-state index is 11.8. The molecule has 84 valence electrons. The van der Waals surface area contributed by atoms with E-state index >= 15 is 0 Å². The van der Waals surface area contributed by atoms with E-state index in [1.807, 2.05) is 6.08 Å². The normalized spacial score (nSPS) is 38.1. The van der Waals surface area contributed by atoms with Crippen LogP contribution in [0.1, 0.15) is 19.3 Å². The maximum absolute atomic E-state index is 11.8. The van der Waals surface area contributed by atoms with Crippen LogP contribution >= 0.6 is 0 Å². The zero-order valence-electron chi connectivity index (χ0n) is 9.14. The number of rotatable bonds is 2. The lowest BCUT2D eigenvalue weighted by molar-refractivity contribution is -0.177. The van der Waals surface area contributed by atoms with Gasteiger partial charge in [0.25, 0.3) is 5.91 Å². The van der Waals surface area contributed by atoms with Gasteiger partial charge in [0.1, 0.15) is 0 Å². The van der Waals surface area contributed by atoms with Crippen LogP contribution in [0.2, 0.25) is 0 Å². The van der Waals surface area contributed by atoms with Crippen LogP contribution in [0.4, 0.5) is 0 Å². The summed E-state index contributed by atoms with van der Waals surface area (Å²) < 4.78 is 5.50. The Kier molecular flexibility index (Phi) is 2.56. The van der Waals surface area contributed by atoms with Crippen molar-refractivity contribution in [3.05, 3.63) is 12.2 Å². The zero-order chi connectivity index (χ0) is 11.1. The number of ether oxygens (including phenoxy) is 1. The molecule has 15 heavy (non-hydrogen) atoms. The molecule has 0 saturated heterocycles. The van der Waals surface area contributed by atoms with E-state index in [4.69, 9.17) is 4.74 Å². The van der Waals surface area contributed by atoms with Gasteiger partial charge < -0.3 is 4.74 Å². The van der Waals surface area contributed by atoms with Gasteiger partial charge in [0.2, 0.25) is 0 Å². The monoisotopic (exact) mass is 211 g/mol. The third-order valence-corrected chi connectivity index (χ3v) is 3.68. The molecule has 3 aliphatic carbocycles. The number of hydrogen-bond acceptors (Lipinski definition) is 3. The van der Waals surface area contributed by atoms with Gasteiger partial charge >= 0.3 is 0 Å². The molecule has 0 aliphatic heterocycles. The molecule has 4 heteroatoms. The van der Waals surface area contributed by atoms with Crippen molar-refractivity contribution in [2.45, 2.75) is 24.9 Å². The first-order valence-electron chi connectivity index (χ1n) is 5.30. The van der Waals surface area contributed by atoms with Crippen molar-refractivity contribution in [2.75, 3.05) is 14.2 Å². The Bertz CT molecular complexity index is 300. The van der Waals surface area contributed by atoms with Crippen molar-refractivity contribution in [3.8, 4) is 0 Å². The molecule has 1 fully saturated rings. The van der Waals surface area contributed by atoms with E-state index in [0.717, 1.165) is 19.3 Å². The molecule has 1 saturated carbocycles. The SMILES string of the molecule is COC12C=CC(CC1)C[C@@H]2C(=O)N(C)O. The fourth-order valence-electron chi connectivity index (χ4n) is 2.73. The van der Waals surface area contributed by atoms with E-state index in [0.29, 0.717) is 11.0 Å². The van der Waals surface area contributed by atoms with Crippen LogP contribution in [0.5, 0.6) is 0 Å². The summed E-state index contributed by atoms with van der Waals surface area (Å²) in [4.78, 5) is 11.8. The quantitative estimate of drug-likeness (QED) is 0.424. The lowest BCUT2D eigenvalue weighted by atomic mass is 9.65. The Morgan fingerprint density at radius 3 is 2.87 bits per heavy atom. The van der Waals surface area contributed by atoms with Crippen molar-refractivity contribution in [3.63, 3.8) is 0 Å². The first-order chi connectivity index (χ1) is 7.09. The molecule has 3 rings (SSSR count). The molecule has 3 aliphatic rings. The Morgan fingerprint density at radius 1 is 1.67 bits per heavy atom. The zero-order valence-corrected chi connectivity index (χ0v) is 9.14. The number of carbonyl (C=O) groups is 1. The maximum Gasteiger partial charge on any atom is 0.252 e. The third-order valence-electron chi connectivity index (χ3n) is 3.68. The molecule has 0 spiro atoms. The summed E-state index contributed by atoms with van der Waals surface area (Å²) >= 11 is 0. The molecule has 2 bridgehead atoms. The van der Waals surface area contributed by atoms with Gasteiger partial charge in [0.05, 0.1) is 11.5 Å². The van der Waals surface area contributed by atoms with E-state index in [9.17, 15) is 10.0 Å². The first-order valence-corrected chi connectivity index (χ1v) is 5.30. The predicted octanol–water partition coefficient (Wildman–Crippen LogP) is 1.21. The van der Waals surface area contributed by atoms with Crippen molar-refractivity contribution in [1.29, 1.82) is 0 Å². The lowest BCUT2D eigenvalue weighted by Gasteiger charge is -2.46. The Morgan fingerprint density at radius 2 is 2.40 bits per heavy atom. The van der Waals surface area contributed by atoms with E-state index in [2.05, 4.69) is 6.08 Å². The van der Waals surface area contributed by atoms with Crippen LogP contribution in [0.3, 0.4) is 0 Å². The second-order valence-corrected chi connectivity index (χ2v) is 4.47. The fraction of sp³-hybridized carbons (Fsp3) is 0.727. The standard InChI is InChI=1S/C11H17NO3/c1-12(14)10(13)9-7-8-3-5-11(9,15-2)6-4-8/h3,5,8-9,14H,4,6-7H2,1-2H3/t8?,9-,11?/m1/s1. The molecule has 3 atom stereocenters. The third kappa shape index (κ3) is 1.58. The van der Waals surface area contributed by atoms with Crippen LogP contribution in [-0.2, 0) is 9.53 Å². The molecule has 0 aromatic carbocycles. The predicted molar refractivity (Wildman–Crippen MR) is 54.3 cm³/mol. The summed E-state index contributed by atoms with van der Waals surface area (Å²) in [6.07, 6.45) is 6.86. The number of hydroxylamine groups is 2. The van der Waals surface area contributed by atoms with Crippen LogP contribution < -0.4 is 0 Å². The van der Waals surface area contributed by atoms with E-state index in [1.54, 1.807) is 7.11 Å². The van der Waals surface area contributed by atoms with Crippen molar-refractivity contribution >= 4 is 5.91 Å². The molecule has 0 heterocycles. The number of carbonyl (C=O) groups excluding carboxylic acids is 1. The lowest BCUT2D eigenvalue weighted by Crippen LogP contribution is -2.52. The second-order valence-electron chi connectivity index (χ2n) is 4.47. The van der Waals surface area contributed by atoms with Crippen molar-refractivity contribution in [2.24, 2.45) is 11.8 Å². The van der Waals surface area contributed by atoms with Gasteiger partial charge in [-0.3, -0.25) is 10.0 Å². The number of methoxy groups -OCH3 is 1. The largest absolute Gasteiger partial charge is 0.373 e. The molecule has 0 aromatic heterocycles. The van der Waals surface area contributed by atoms with Crippen molar-refractivity contribution in [1.82, 2.24) is 5.06 Å². The summed E-state index contributed by atoms with van der Waals surface area (Å²) in [6.45, 7) is 0. The molecule has 1 amide bonds. The Hall–Kier alpha value is -0.870. The van der Waals surface area contributed by atoms with Crippen LogP contribution in [0.15, 0.2) is 12.2 Å². The minimum atomic E-state index is -0.483. The summed E-state index contributed by atoms with van der Waals surface area (Å²) in [5.41, 5.74) is -0.483. The number of hydrogen-bond donors (Lipinski definition) is 1. The van der Waals surface area contributed by atoms with E-state index in [1.165, 1.54) is 7.05 Å². The van der Waals surface area contributed by atoms with Crippen LogP contribution in [0.25, 0.3) is 0 Å². The van der Waals surface area contributed by atoms with Gasteiger partial charge in [0, 0.05) is 14.2 Å². The highest BCUT2D eigenvalue weighted by Crippen LogP contribution is 2.45. The highest BCUT2D eigenvalue weighted by molar-refractivity contribution is 5.79. The Balaban J connectivity index is 2.27. The summed E-state index contributed by atoms with van der Waals surface area (Å²) in [5.74, 6) is -0.0110. The molecule has 1 N–H and O–H groups in total. The van der Waals surface area contributed by atoms with E-state index < -0.39 is 5.60 Å². The molecule has 0 radical (unpaired) electrons. The Labute approximate surface area is 89.5 Å². The van der Waals surface area contributed by atoms with Crippen LogP contribution in [0, 0.1) is 11.8 Å². The van der Waals surface area contributed by atoms with Gasteiger partial charge in [-0.15, -0.1) is 0 Å². The highest BCUT2D eigenvalue weighted by atomic mass is 16.5. The molecule has 4 nitrogen and oxygen atoms in total. The second kappa shape index (κ2) is 3.61. The van der Waals surface area contributed by atoms with Gasteiger partial charge in [0.15, 0.2) is 0 Å². The van der Waals surface area contributed by atoms with Gasteiger partial charge in [-0.05, 0) is 25.2 Å². The number of nitrogens with zero attached hydrogens (tertiary/aromatic N) is 1. The van der Waals surface area contributed by atoms with E-state index in [-0.39, 0.29) is 11.8 Å². The minimum Gasteiger partial charge on any atom is -0.373 e. The summed E-state index contributed by atoms with van der Waals surface area (Å²) in [5, 5.41) is 9.90. The fourth-order valence-corrected chi connectivity index (χ4v) is 2.73. The van der Waals surface area contributed by atoms with Crippen LogP contribution in [-0.4, -0.2) is 35.9 Å².